The number of aromatic nitrogens is 2. The number of aromatic amines is 1. The van der Waals surface area contributed by atoms with Crippen molar-refractivity contribution in [3.8, 4) is 5.75 Å². The second-order valence-corrected chi connectivity index (χ2v) is 6.80. The van der Waals surface area contributed by atoms with Crippen molar-refractivity contribution in [2.24, 2.45) is 0 Å². The summed E-state index contributed by atoms with van der Waals surface area (Å²) >= 11 is 0. The summed E-state index contributed by atoms with van der Waals surface area (Å²) in [6, 6.07) is 10.3. The number of hydrogen-bond donors (Lipinski definition) is 2. The van der Waals surface area contributed by atoms with Crippen molar-refractivity contribution >= 4 is 23.0 Å². The summed E-state index contributed by atoms with van der Waals surface area (Å²) in [6.45, 7) is -0.0899. The molecule has 4 aromatic rings. The van der Waals surface area contributed by atoms with Gasteiger partial charge in [0.2, 0.25) is 6.41 Å². The summed E-state index contributed by atoms with van der Waals surface area (Å²) in [5.74, 6) is -1.87. The number of H-pyrrole nitrogens is 1. The smallest absolute Gasteiger partial charge is 0.274 e. The molecule has 0 aliphatic heterocycles. The highest BCUT2D eigenvalue weighted by molar-refractivity contribution is 5.86. The van der Waals surface area contributed by atoms with Gasteiger partial charge in [-0.1, -0.05) is 0 Å². The van der Waals surface area contributed by atoms with Crippen LogP contribution in [0.25, 0.3) is 10.9 Å². The van der Waals surface area contributed by atoms with Crippen LogP contribution in [0.1, 0.15) is 11.3 Å². The molecule has 0 aliphatic carbocycles. The summed E-state index contributed by atoms with van der Waals surface area (Å²) < 4.78 is 48.0. The van der Waals surface area contributed by atoms with Crippen LogP contribution >= 0.6 is 0 Å². The Morgan fingerprint density at radius 1 is 1.06 bits per heavy atom. The minimum atomic E-state index is -0.761. The van der Waals surface area contributed by atoms with Crippen molar-refractivity contribution in [2.45, 2.75) is 13.2 Å². The summed E-state index contributed by atoms with van der Waals surface area (Å²) in [6.07, 6.45) is 1.97. The van der Waals surface area contributed by atoms with Gasteiger partial charge in [-0.3, -0.25) is 9.59 Å². The standard InChI is InChI=1S/C22H16F3N3O3/c23-15-4-3-13(18(25)8-15)11-31-20-9-16(24)6-14-7-17(27-21(14)20)10-28-5-1-2-19(22(28)30)26-12-29/h1-9,12,27H,10-11H2,(H,26,29). The predicted octanol–water partition coefficient (Wildman–Crippen LogP) is 3.94. The molecule has 2 aromatic heterocycles. The van der Waals surface area contributed by atoms with E-state index in [1.165, 1.54) is 22.8 Å². The largest absolute Gasteiger partial charge is 0.486 e. The normalized spacial score (nSPS) is 10.9. The van der Waals surface area contributed by atoms with E-state index in [4.69, 9.17) is 4.74 Å². The molecule has 0 saturated carbocycles. The van der Waals surface area contributed by atoms with Crippen LogP contribution in [0.3, 0.4) is 0 Å². The number of hydrogen-bond acceptors (Lipinski definition) is 3. The van der Waals surface area contributed by atoms with E-state index in [1.807, 2.05) is 0 Å². The number of halogens is 3. The molecule has 2 N–H and O–H groups in total. The summed E-state index contributed by atoms with van der Waals surface area (Å²) in [7, 11) is 0. The van der Waals surface area contributed by atoms with E-state index in [2.05, 4.69) is 10.3 Å². The molecule has 9 heteroatoms. The number of rotatable bonds is 7. The monoisotopic (exact) mass is 427 g/mol. The van der Waals surface area contributed by atoms with Gasteiger partial charge in [-0.05, 0) is 36.4 Å². The maximum Gasteiger partial charge on any atom is 0.274 e. The van der Waals surface area contributed by atoms with Crippen LogP contribution in [-0.4, -0.2) is 16.0 Å². The molecule has 4 rings (SSSR count). The van der Waals surface area contributed by atoms with Crippen LogP contribution in [0.4, 0.5) is 18.9 Å². The molecule has 0 aliphatic rings. The van der Waals surface area contributed by atoms with Gasteiger partial charge in [-0.15, -0.1) is 0 Å². The zero-order valence-corrected chi connectivity index (χ0v) is 16.0. The fourth-order valence-corrected chi connectivity index (χ4v) is 3.25. The Bertz CT molecular complexity index is 1330. The third kappa shape index (κ3) is 4.30. The van der Waals surface area contributed by atoms with E-state index in [9.17, 15) is 22.8 Å². The average molecular weight is 427 g/mol. The van der Waals surface area contributed by atoms with E-state index in [0.717, 1.165) is 18.2 Å². The van der Waals surface area contributed by atoms with Crippen molar-refractivity contribution < 1.29 is 22.7 Å². The van der Waals surface area contributed by atoms with E-state index >= 15 is 0 Å². The molecule has 2 heterocycles. The van der Waals surface area contributed by atoms with Gasteiger partial charge in [0.1, 0.15) is 35.5 Å². The zero-order valence-electron chi connectivity index (χ0n) is 16.0. The molecule has 0 bridgehead atoms. The molecule has 158 valence electrons. The fraction of sp³-hybridized carbons (Fsp3) is 0.0909. The molecule has 0 saturated heterocycles. The Morgan fingerprint density at radius 2 is 1.90 bits per heavy atom. The summed E-state index contributed by atoms with van der Waals surface area (Å²) in [4.78, 5) is 26.1. The van der Waals surface area contributed by atoms with Gasteiger partial charge < -0.3 is 19.6 Å². The molecule has 0 fully saturated rings. The van der Waals surface area contributed by atoms with Crippen LogP contribution in [0.2, 0.25) is 0 Å². The van der Waals surface area contributed by atoms with E-state index < -0.39 is 23.0 Å². The van der Waals surface area contributed by atoms with Gasteiger partial charge in [0.25, 0.3) is 5.56 Å². The first-order valence-corrected chi connectivity index (χ1v) is 9.22. The van der Waals surface area contributed by atoms with Gasteiger partial charge in [0.15, 0.2) is 0 Å². The van der Waals surface area contributed by atoms with Crippen molar-refractivity contribution in [1.82, 2.24) is 9.55 Å². The topological polar surface area (TPSA) is 76.1 Å². The van der Waals surface area contributed by atoms with E-state index in [-0.39, 0.29) is 30.2 Å². The number of carbonyl (C=O) groups excluding carboxylic acids is 1. The lowest BCUT2D eigenvalue weighted by atomic mass is 10.2. The molecule has 0 radical (unpaired) electrons. The maximum absolute atomic E-state index is 14.1. The lowest BCUT2D eigenvalue weighted by Gasteiger charge is -2.09. The maximum atomic E-state index is 14.1. The highest BCUT2D eigenvalue weighted by Gasteiger charge is 2.12. The number of benzene rings is 2. The van der Waals surface area contributed by atoms with Crippen molar-refractivity contribution in [3.05, 3.63) is 93.8 Å². The SMILES string of the molecule is O=CNc1cccn(Cc2cc3cc(F)cc(OCc4ccc(F)cc4F)c3[nH]2)c1=O. The number of nitrogens with one attached hydrogen (secondary N) is 2. The van der Waals surface area contributed by atoms with Crippen LogP contribution in [0.5, 0.6) is 5.75 Å². The highest BCUT2D eigenvalue weighted by Crippen LogP contribution is 2.29. The molecule has 1 amide bonds. The molecule has 31 heavy (non-hydrogen) atoms. The molecular formula is C22H16F3N3O3. The number of pyridine rings is 1. The van der Waals surface area contributed by atoms with Gasteiger partial charge >= 0.3 is 0 Å². The van der Waals surface area contributed by atoms with Crippen molar-refractivity contribution in [2.75, 3.05) is 5.32 Å². The van der Waals surface area contributed by atoms with Gasteiger partial charge in [-0.25, -0.2) is 13.2 Å². The fourth-order valence-electron chi connectivity index (χ4n) is 3.25. The van der Waals surface area contributed by atoms with Gasteiger partial charge in [0.05, 0.1) is 12.1 Å². The summed E-state index contributed by atoms with van der Waals surface area (Å²) in [5.41, 5.74) is 0.905. The highest BCUT2D eigenvalue weighted by atomic mass is 19.1. The third-order valence-corrected chi connectivity index (χ3v) is 4.69. The third-order valence-electron chi connectivity index (χ3n) is 4.69. The van der Waals surface area contributed by atoms with Gasteiger partial charge in [-0.2, -0.15) is 0 Å². The molecular weight excluding hydrogens is 411 g/mol. The average Bonchev–Trinajstić information content (AvgIpc) is 3.12. The van der Waals surface area contributed by atoms with Crippen LogP contribution in [0.15, 0.2) is 59.5 Å². The van der Waals surface area contributed by atoms with E-state index in [1.54, 1.807) is 18.3 Å². The molecule has 2 aromatic carbocycles. The second kappa shape index (κ2) is 8.39. The number of anilines is 1. The first-order valence-electron chi connectivity index (χ1n) is 9.22. The lowest BCUT2D eigenvalue weighted by molar-refractivity contribution is -0.105. The van der Waals surface area contributed by atoms with Crippen LogP contribution in [0, 0.1) is 17.5 Å². The minimum absolute atomic E-state index is 0.122. The number of carbonyl (C=O) groups is 1. The molecule has 0 unspecified atom stereocenters. The Hall–Kier alpha value is -4.01. The number of amides is 1. The number of nitrogens with zero attached hydrogens (tertiary/aromatic N) is 1. The van der Waals surface area contributed by atoms with Crippen LogP contribution < -0.4 is 15.6 Å². The molecule has 0 atom stereocenters. The zero-order chi connectivity index (χ0) is 22.0. The van der Waals surface area contributed by atoms with Crippen LogP contribution in [-0.2, 0) is 17.9 Å². The minimum Gasteiger partial charge on any atom is -0.486 e. The van der Waals surface area contributed by atoms with Crippen molar-refractivity contribution in [3.63, 3.8) is 0 Å². The number of ether oxygens (including phenoxy) is 1. The Labute approximate surface area is 173 Å². The first kappa shape index (κ1) is 20.3. The van der Waals surface area contributed by atoms with E-state index in [0.29, 0.717) is 23.0 Å². The molecule has 0 spiro atoms. The predicted molar refractivity (Wildman–Crippen MR) is 108 cm³/mol. The van der Waals surface area contributed by atoms with Crippen molar-refractivity contribution in [1.29, 1.82) is 0 Å². The number of fused-ring (bicyclic) bond motifs is 1. The quantitative estimate of drug-likeness (QED) is 0.439. The lowest BCUT2D eigenvalue weighted by Crippen LogP contribution is -2.23. The van der Waals surface area contributed by atoms with Gasteiger partial charge in [0, 0.05) is 35.0 Å². The first-order chi connectivity index (χ1) is 14.9. The second-order valence-electron chi connectivity index (χ2n) is 6.80. The Kier molecular flexibility index (Phi) is 5.48. The summed E-state index contributed by atoms with van der Waals surface area (Å²) in [5, 5.41) is 2.84. The Balaban J connectivity index is 1.63. The molecule has 6 nitrogen and oxygen atoms in total. The Morgan fingerprint density at radius 3 is 2.68 bits per heavy atom.